The molecule has 0 amide bonds. The monoisotopic (exact) mass is 309 g/mol. The molecule has 0 aliphatic heterocycles. The van der Waals surface area contributed by atoms with Crippen LogP contribution >= 0.6 is 15.9 Å². The van der Waals surface area contributed by atoms with Crippen LogP contribution in [-0.4, -0.2) is 24.7 Å². The van der Waals surface area contributed by atoms with Crippen molar-refractivity contribution in [2.75, 3.05) is 18.5 Å². The second-order valence-corrected chi connectivity index (χ2v) is 4.79. The van der Waals surface area contributed by atoms with Crippen molar-refractivity contribution in [1.82, 2.24) is 0 Å². The molecule has 0 atom stereocenters. The zero-order valence-electron chi connectivity index (χ0n) is 10.3. The van der Waals surface area contributed by atoms with Crippen molar-refractivity contribution in [2.24, 2.45) is 0 Å². The minimum Gasteiger partial charge on any atom is -0.478 e. The number of halogens is 1. The van der Waals surface area contributed by atoms with Crippen LogP contribution in [0.15, 0.2) is 41.4 Å². The van der Waals surface area contributed by atoms with Gasteiger partial charge in [0.2, 0.25) is 0 Å². The van der Waals surface area contributed by atoms with Gasteiger partial charge in [0.1, 0.15) is 0 Å². The van der Waals surface area contributed by atoms with E-state index >= 15 is 0 Å². The molecule has 0 aliphatic rings. The van der Waals surface area contributed by atoms with Gasteiger partial charge in [-0.05, 0) is 36.3 Å². The maximum Gasteiger partial charge on any atom is 0.328 e. The van der Waals surface area contributed by atoms with Crippen LogP contribution in [0.3, 0.4) is 0 Å². The summed E-state index contributed by atoms with van der Waals surface area (Å²) in [5.74, 6) is -0.949. The molecule has 4 heteroatoms. The molecule has 0 bridgehead atoms. The summed E-state index contributed by atoms with van der Waals surface area (Å²) in [5.41, 5.74) is 1.87. The lowest BCUT2D eigenvalue weighted by Gasteiger charge is -2.21. The minimum absolute atomic E-state index is 0.846. The van der Waals surface area contributed by atoms with Gasteiger partial charge in [-0.1, -0.05) is 22.0 Å². The van der Waals surface area contributed by atoms with E-state index < -0.39 is 5.97 Å². The maximum atomic E-state index is 10.6. The number of hydrogen-bond donors (Lipinski definition) is 1. The van der Waals surface area contributed by atoms with Crippen molar-refractivity contribution in [3.05, 3.63) is 47.0 Å². The molecule has 0 aliphatic carbocycles. The van der Waals surface area contributed by atoms with Crippen molar-refractivity contribution in [3.63, 3.8) is 0 Å². The summed E-state index contributed by atoms with van der Waals surface area (Å²) >= 11 is 3.39. The van der Waals surface area contributed by atoms with Gasteiger partial charge in [0.15, 0.2) is 0 Å². The molecule has 1 aromatic rings. The van der Waals surface area contributed by atoms with Gasteiger partial charge < -0.3 is 10.0 Å². The Hall–Kier alpha value is -1.55. The van der Waals surface area contributed by atoms with E-state index in [1.807, 2.05) is 31.3 Å². The third-order valence-corrected chi connectivity index (χ3v) is 2.97. The molecule has 0 heterocycles. The lowest BCUT2D eigenvalue weighted by Crippen LogP contribution is -2.18. The topological polar surface area (TPSA) is 40.5 Å². The lowest BCUT2D eigenvalue weighted by molar-refractivity contribution is -0.131. The largest absolute Gasteiger partial charge is 0.478 e. The number of anilines is 1. The van der Waals surface area contributed by atoms with Gasteiger partial charge in [0.05, 0.1) is 0 Å². The molecule has 3 nitrogen and oxygen atoms in total. The van der Waals surface area contributed by atoms with E-state index in [-0.39, 0.29) is 0 Å². The van der Waals surface area contributed by atoms with Gasteiger partial charge >= 0.3 is 5.97 Å². The molecule has 0 spiro atoms. The molecule has 0 fully saturated rings. The van der Waals surface area contributed by atoms with Crippen LogP contribution in [0, 0.1) is 0 Å². The predicted molar refractivity (Wildman–Crippen MR) is 78.9 cm³/mol. The highest BCUT2D eigenvalue weighted by molar-refractivity contribution is 9.10. The van der Waals surface area contributed by atoms with Gasteiger partial charge in [-0.3, -0.25) is 0 Å². The molecule has 1 rings (SSSR count). The van der Waals surface area contributed by atoms with Crippen LogP contribution in [-0.2, 0) is 4.79 Å². The SMILES string of the molecule is C=CCCN(C)c1ccc(Br)cc1/C=C/C(=O)O. The second kappa shape index (κ2) is 7.01. The van der Waals surface area contributed by atoms with Crippen LogP contribution in [0.1, 0.15) is 12.0 Å². The number of aliphatic carboxylic acids is 1. The minimum atomic E-state index is -0.949. The Balaban J connectivity index is 3.02. The number of carbonyl (C=O) groups is 1. The van der Waals surface area contributed by atoms with Crippen molar-refractivity contribution in [2.45, 2.75) is 6.42 Å². The molecule has 0 aromatic heterocycles. The molecule has 0 unspecified atom stereocenters. The van der Waals surface area contributed by atoms with E-state index in [9.17, 15) is 4.79 Å². The van der Waals surface area contributed by atoms with Gasteiger partial charge in [-0.15, -0.1) is 6.58 Å². The molecule has 0 saturated carbocycles. The predicted octanol–water partition coefficient (Wildman–Crippen LogP) is 3.56. The zero-order valence-corrected chi connectivity index (χ0v) is 11.9. The van der Waals surface area contributed by atoms with Crippen LogP contribution in [0.5, 0.6) is 0 Å². The van der Waals surface area contributed by atoms with Crippen molar-refractivity contribution in [3.8, 4) is 0 Å². The first kappa shape index (κ1) is 14.5. The van der Waals surface area contributed by atoms with E-state index in [0.29, 0.717) is 0 Å². The molecule has 1 aromatic carbocycles. The Morgan fingerprint density at radius 3 is 2.89 bits per heavy atom. The van der Waals surface area contributed by atoms with E-state index in [4.69, 9.17) is 5.11 Å². The van der Waals surface area contributed by atoms with E-state index in [1.54, 1.807) is 6.08 Å². The summed E-state index contributed by atoms with van der Waals surface area (Å²) in [6.07, 6.45) is 5.50. The number of rotatable bonds is 6. The maximum absolute atomic E-state index is 10.6. The summed E-state index contributed by atoms with van der Waals surface area (Å²) < 4.78 is 0.924. The Bertz CT molecular complexity index is 469. The highest BCUT2D eigenvalue weighted by Gasteiger charge is 2.05. The molecule has 18 heavy (non-hydrogen) atoms. The van der Waals surface area contributed by atoms with Gasteiger partial charge in [0.25, 0.3) is 0 Å². The standard InChI is InChI=1S/C14H16BrNO2/c1-3-4-9-16(2)13-7-6-12(15)10-11(13)5-8-14(17)18/h3,5-8,10H,1,4,9H2,2H3,(H,17,18)/b8-5+. The lowest BCUT2D eigenvalue weighted by atomic mass is 10.1. The normalized spacial score (nSPS) is 10.6. The number of carboxylic acid groups (broad SMARTS) is 1. The van der Waals surface area contributed by atoms with Crippen molar-refractivity contribution >= 4 is 33.7 Å². The Kier molecular flexibility index (Phi) is 5.65. The highest BCUT2D eigenvalue weighted by Crippen LogP contribution is 2.25. The number of nitrogens with zero attached hydrogens (tertiary/aromatic N) is 1. The molecule has 96 valence electrons. The molecular formula is C14H16BrNO2. The molecular weight excluding hydrogens is 294 g/mol. The first-order valence-corrected chi connectivity index (χ1v) is 6.36. The third-order valence-electron chi connectivity index (χ3n) is 2.47. The van der Waals surface area contributed by atoms with E-state index in [2.05, 4.69) is 27.4 Å². The molecule has 1 N–H and O–H groups in total. The second-order valence-electron chi connectivity index (χ2n) is 3.87. The summed E-state index contributed by atoms with van der Waals surface area (Å²) in [4.78, 5) is 12.7. The van der Waals surface area contributed by atoms with Crippen LogP contribution in [0.4, 0.5) is 5.69 Å². The Morgan fingerprint density at radius 1 is 1.56 bits per heavy atom. The quantitative estimate of drug-likeness (QED) is 0.645. The van der Waals surface area contributed by atoms with Crippen molar-refractivity contribution in [1.29, 1.82) is 0 Å². The van der Waals surface area contributed by atoms with E-state index in [0.717, 1.165) is 34.8 Å². The van der Waals surface area contributed by atoms with Gasteiger partial charge in [-0.25, -0.2) is 4.79 Å². The Morgan fingerprint density at radius 2 is 2.28 bits per heavy atom. The molecule has 0 radical (unpaired) electrons. The first-order valence-electron chi connectivity index (χ1n) is 5.57. The fourth-order valence-electron chi connectivity index (χ4n) is 1.57. The fourth-order valence-corrected chi connectivity index (χ4v) is 1.95. The summed E-state index contributed by atoms with van der Waals surface area (Å²) in [5, 5.41) is 8.69. The van der Waals surface area contributed by atoms with Crippen LogP contribution in [0.2, 0.25) is 0 Å². The van der Waals surface area contributed by atoms with E-state index in [1.165, 1.54) is 0 Å². The van der Waals surface area contributed by atoms with Crippen LogP contribution < -0.4 is 4.90 Å². The number of carboxylic acids is 1. The fraction of sp³-hybridized carbons (Fsp3) is 0.214. The summed E-state index contributed by atoms with van der Waals surface area (Å²) in [6.45, 7) is 4.54. The molecule has 0 saturated heterocycles. The third kappa shape index (κ3) is 4.37. The average molecular weight is 310 g/mol. The smallest absolute Gasteiger partial charge is 0.328 e. The van der Waals surface area contributed by atoms with Gasteiger partial charge in [-0.2, -0.15) is 0 Å². The average Bonchev–Trinajstić information content (AvgIpc) is 2.33. The zero-order chi connectivity index (χ0) is 13.5. The van der Waals surface area contributed by atoms with Crippen LogP contribution in [0.25, 0.3) is 6.08 Å². The summed E-state index contributed by atoms with van der Waals surface area (Å²) in [6, 6.07) is 5.81. The first-order chi connectivity index (χ1) is 8.54. The summed E-state index contributed by atoms with van der Waals surface area (Å²) in [7, 11) is 1.98. The number of benzene rings is 1. The Labute approximate surface area is 116 Å². The highest BCUT2D eigenvalue weighted by atomic mass is 79.9. The van der Waals surface area contributed by atoms with Gasteiger partial charge in [0, 0.05) is 29.8 Å². The van der Waals surface area contributed by atoms with Crippen molar-refractivity contribution < 1.29 is 9.90 Å². The number of hydrogen-bond acceptors (Lipinski definition) is 2.